The molecule has 1 aromatic heterocycles. The van der Waals surface area contributed by atoms with Gasteiger partial charge in [-0.05, 0) is 37.7 Å². The third kappa shape index (κ3) is 4.38. The minimum atomic E-state index is -0.484. The monoisotopic (exact) mass is 294 g/mol. The second kappa shape index (κ2) is 7.18. The van der Waals surface area contributed by atoms with Crippen LogP contribution in [0.1, 0.15) is 25.7 Å². The predicted molar refractivity (Wildman–Crippen MR) is 77.8 cm³/mol. The molecule has 3 rings (SSSR count). The van der Waals surface area contributed by atoms with Crippen molar-refractivity contribution in [2.75, 3.05) is 32.8 Å². The van der Waals surface area contributed by atoms with Gasteiger partial charge in [-0.2, -0.15) is 9.37 Å². The van der Waals surface area contributed by atoms with E-state index in [0.29, 0.717) is 11.8 Å². The Bertz CT molecular complexity index is 444. The standard InChI is InChI=1S/C16H23FN2O2/c17-15-4-1-5-16(18-15)21-14-6-8-19(9-7-14)11-13-3-2-10-20-12-13/h1,4-5,13-14H,2-3,6-12H2. The topological polar surface area (TPSA) is 34.6 Å². The highest BCUT2D eigenvalue weighted by Crippen LogP contribution is 2.20. The molecule has 3 heterocycles. The van der Waals surface area contributed by atoms with Crippen LogP contribution in [0, 0.1) is 11.9 Å². The molecule has 0 amide bonds. The largest absolute Gasteiger partial charge is 0.474 e. The zero-order valence-electron chi connectivity index (χ0n) is 12.3. The molecule has 1 unspecified atom stereocenters. The first-order valence-electron chi connectivity index (χ1n) is 7.89. The summed E-state index contributed by atoms with van der Waals surface area (Å²) in [5.74, 6) is 0.595. The van der Waals surface area contributed by atoms with Crippen LogP contribution in [0.2, 0.25) is 0 Å². The summed E-state index contributed by atoms with van der Waals surface area (Å²) in [6.07, 6.45) is 4.58. The molecule has 0 aliphatic carbocycles. The van der Waals surface area contributed by atoms with Gasteiger partial charge in [-0.25, -0.2) is 0 Å². The lowest BCUT2D eigenvalue weighted by Crippen LogP contribution is -2.42. The van der Waals surface area contributed by atoms with E-state index < -0.39 is 5.95 Å². The van der Waals surface area contributed by atoms with Gasteiger partial charge >= 0.3 is 0 Å². The zero-order chi connectivity index (χ0) is 14.5. The van der Waals surface area contributed by atoms with Gasteiger partial charge in [-0.15, -0.1) is 0 Å². The van der Waals surface area contributed by atoms with Gasteiger partial charge in [0, 0.05) is 32.3 Å². The summed E-state index contributed by atoms with van der Waals surface area (Å²) in [7, 11) is 0. The Hall–Kier alpha value is -1.20. The van der Waals surface area contributed by atoms with Gasteiger partial charge in [0.15, 0.2) is 0 Å². The minimum absolute atomic E-state index is 0.151. The van der Waals surface area contributed by atoms with E-state index in [2.05, 4.69) is 9.88 Å². The molecule has 2 fully saturated rings. The van der Waals surface area contributed by atoms with Crippen LogP contribution in [0.3, 0.4) is 0 Å². The number of likely N-dealkylation sites (tertiary alicyclic amines) is 1. The van der Waals surface area contributed by atoms with Gasteiger partial charge in [0.05, 0.1) is 6.61 Å². The molecule has 4 nitrogen and oxygen atoms in total. The first kappa shape index (κ1) is 14.7. The number of piperidine rings is 1. The maximum atomic E-state index is 13.0. The number of ether oxygens (including phenoxy) is 2. The number of halogens is 1. The van der Waals surface area contributed by atoms with Crippen molar-refractivity contribution in [1.29, 1.82) is 0 Å². The molecule has 21 heavy (non-hydrogen) atoms. The average molecular weight is 294 g/mol. The SMILES string of the molecule is Fc1cccc(OC2CCN(CC3CCCOC3)CC2)n1. The molecule has 0 N–H and O–H groups in total. The van der Waals surface area contributed by atoms with Gasteiger partial charge in [0.1, 0.15) is 6.10 Å². The number of hydrogen-bond donors (Lipinski definition) is 0. The highest BCUT2D eigenvalue weighted by molar-refractivity contribution is 5.10. The summed E-state index contributed by atoms with van der Waals surface area (Å²) in [6, 6.07) is 4.69. The normalized spacial score (nSPS) is 24.9. The van der Waals surface area contributed by atoms with Crippen LogP contribution >= 0.6 is 0 Å². The first-order chi connectivity index (χ1) is 10.3. The Morgan fingerprint density at radius 3 is 2.86 bits per heavy atom. The van der Waals surface area contributed by atoms with Gasteiger partial charge in [-0.3, -0.25) is 0 Å². The molecule has 2 aliphatic rings. The second-order valence-corrected chi connectivity index (χ2v) is 6.00. The van der Waals surface area contributed by atoms with Gasteiger partial charge in [-0.1, -0.05) is 6.07 Å². The molecule has 0 bridgehead atoms. The molecular weight excluding hydrogens is 271 g/mol. The van der Waals surface area contributed by atoms with E-state index in [1.54, 1.807) is 12.1 Å². The summed E-state index contributed by atoms with van der Waals surface area (Å²) in [5, 5.41) is 0. The lowest BCUT2D eigenvalue weighted by molar-refractivity contribution is 0.0255. The summed E-state index contributed by atoms with van der Waals surface area (Å²) in [6.45, 7) is 5.04. The lowest BCUT2D eigenvalue weighted by Gasteiger charge is -2.35. The predicted octanol–water partition coefficient (Wildman–Crippen LogP) is 2.49. The Morgan fingerprint density at radius 1 is 1.29 bits per heavy atom. The number of pyridine rings is 1. The fourth-order valence-electron chi connectivity index (χ4n) is 3.15. The summed E-state index contributed by atoms with van der Waals surface area (Å²) in [5.41, 5.74) is 0. The van der Waals surface area contributed by atoms with Gasteiger partial charge in [0.25, 0.3) is 0 Å². The summed E-state index contributed by atoms with van der Waals surface area (Å²) in [4.78, 5) is 6.26. The van der Waals surface area contributed by atoms with Crippen LogP contribution in [0.25, 0.3) is 0 Å². The number of hydrogen-bond acceptors (Lipinski definition) is 4. The van der Waals surface area contributed by atoms with Crippen molar-refractivity contribution in [2.45, 2.75) is 31.8 Å². The van der Waals surface area contributed by atoms with Crippen molar-refractivity contribution < 1.29 is 13.9 Å². The molecule has 0 radical (unpaired) electrons. The summed E-state index contributed by atoms with van der Waals surface area (Å²) < 4.78 is 24.3. The summed E-state index contributed by atoms with van der Waals surface area (Å²) >= 11 is 0. The van der Waals surface area contributed by atoms with Crippen LogP contribution in [-0.4, -0.2) is 48.8 Å². The Kier molecular flexibility index (Phi) is 5.04. The molecule has 0 aromatic carbocycles. The van der Waals surface area contributed by atoms with E-state index in [9.17, 15) is 4.39 Å². The Labute approximate surface area is 125 Å². The minimum Gasteiger partial charge on any atom is -0.474 e. The van der Waals surface area contributed by atoms with E-state index in [1.807, 2.05) is 0 Å². The number of nitrogens with zero attached hydrogens (tertiary/aromatic N) is 2. The molecule has 2 saturated heterocycles. The fraction of sp³-hybridized carbons (Fsp3) is 0.688. The van der Waals surface area contributed by atoms with Crippen LogP contribution in [0.4, 0.5) is 4.39 Å². The Morgan fingerprint density at radius 2 is 2.14 bits per heavy atom. The lowest BCUT2D eigenvalue weighted by atomic mass is 9.99. The fourth-order valence-corrected chi connectivity index (χ4v) is 3.15. The van der Waals surface area contributed by atoms with Crippen LogP contribution in [0.5, 0.6) is 5.88 Å². The molecule has 5 heteroatoms. The smallest absolute Gasteiger partial charge is 0.216 e. The third-order valence-electron chi connectivity index (χ3n) is 4.28. The van der Waals surface area contributed by atoms with Crippen LogP contribution in [0.15, 0.2) is 18.2 Å². The molecule has 0 spiro atoms. The number of rotatable bonds is 4. The first-order valence-corrected chi connectivity index (χ1v) is 7.89. The quantitative estimate of drug-likeness (QED) is 0.799. The molecule has 1 atom stereocenters. The highest BCUT2D eigenvalue weighted by Gasteiger charge is 2.24. The van der Waals surface area contributed by atoms with Gasteiger partial charge in [0.2, 0.25) is 11.8 Å². The second-order valence-electron chi connectivity index (χ2n) is 6.00. The van der Waals surface area contributed by atoms with Crippen molar-refractivity contribution in [3.63, 3.8) is 0 Å². The maximum absolute atomic E-state index is 13.0. The maximum Gasteiger partial charge on any atom is 0.216 e. The molecule has 1 aromatic rings. The van der Waals surface area contributed by atoms with Crippen molar-refractivity contribution in [1.82, 2.24) is 9.88 Å². The highest BCUT2D eigenvalue weighted by atomic mass is 19.1. The van der Waals surface area contributed by atoms with Crippen molar-refractivity contribution in [3.8, 4) is 5.88 Å². The Balaban J connectivity index is 1.42. The van der Waals surface area contributed by atoms with E-state index >= 15 is 0 Å². The van der Waals surface area contributed by atoms with E-state index in [-0.39, 0.29) is 6.10 Å². The van der Waals surface area contributed by atoms with E-state index in [4.69, 9.17) is 9.47 Å². The van der Waals surface area contributed by atoms with Crippen LogP contribution < -0.4 is 4.74 Å². The van der Waals surface area contributed by atoms with Crippen molar-refractivity contribution >= 4 is 0 Å². The van der Waals surface area contributed by atoms with E-state index in [1.165, 1.54) is 18.9 Å². The zero-order valence-corrected chi connectivity index (χ0v) is 12.3. The molecule has 2 aliphatic heterocycles. The van der Waals surface area contributed by atoms with Crippen LogP contribution in [-0.2, 0) is 4.74 Å². The molecular formula is C16H23FN2O2. The third-order valence-corrected chi connectivity index (χ3v) is 4.28. The van der Waals surface area contributed by atoms with Crippen molar-refractivity contribution in [3.05, 3.63) is 24.1 Å². The number of aromatic nitrogens is 1. The van der Waals surface area contributed by atoms with Gasteiger partial charge < -0.3 is 14.4 Å². The molecule has 0 saturated carbocycles. The van der Waals surface area contributed by atoms with E-state index in [0.717, 1.165) is 45.7 Å². The van der Waals surface area contributed by atoms with Crippen molar-refractivity contribution in [2.24, 2.45) is 5.92 Å². The average Bonchev–Trinajstić information content (AvgIpc) is 2.50. The molecule has 116 valence electrons.